The minimum Gasteiger partial charge on any atom is -0.379 e. The molecule has 11 heteroatoms. The summed E-state index contributed by atoms with van der Waals surface area (Å²) >= 11 is 5.93. The van der Waals surface area contributed by atoms with Crippen molar-refractivity contribution in [3.05, 3.63) is 61.5 Å². The molecule has 10 nitrogen and oxygen atoms in total. The molecule has 3 heterocycles. The molecular formula is C20H23ClN6O4. The van der Waals surface area contributed by atoms with Crippen LogP contribution >= 0.6 is 11.6 Å². The van der Waals surface area contributed by atoms with Crippen LogP contribution in [0, 0.1) is 0 Å². The van der Waals surface area contributed by atoms with Crippen molar-refractivity contribution < 1.29 is 9.53 Å². The maximum absolute atomic E-state index is 13.4. The molecule has 0 saturated carbocycles. The molecule has 0 aliphatic carbocycles. The largest absolute Gasteiger partial charge is 0.379 e. The van der Waals surface area contributed by atoms with Gasteiger partial charge in [-0.15, -0.1) is 0 Å². The van der Waals surface area contributed by atoms with E-state index in [1.54, 1.807) is 31.3 Å². The lowest BCUT2D eigenvalue weighted by Gasteiger charge is -2.26. The maximum Gasteiger partial charge on any atom is 0.332 e. The highest BCUT2D eigenvalue weighted by Crippen LogP contribution is 2.15. The summed E-state index contributed by atoms with van der Waals surface area (Å²) in [7, 11) is 1.56. The number of carbonyl (C=O) groups is 1. The third-order valence-electron chi connectivity index (χ3n) is 5.35. The van der Waals surface area contributed by atoms with Crippen LogP contribution in [0.5, 0.6) is 0 Å². The molecule has 1 amide bonds. The van der Waals surface area contributed by atoms with Crippen molar-refractivity contribution in [3.63, 3.8) is 0 Å². The van der Waals surface area contributed by atoms with Gasteiger partial charge in [0.2, 0.25) is 5.91 Å². The Balaban J connectivity index is 1.85. The topological polar surface area (TPSA) is 117 Å². The summed E-state index contributed by atoms with van der Waals surface area (Å²) < 4.78 is 9.35. The lowest BCUT2D eigenvalue weighted by molar-refractivity contribution is -0.118. The van der Waals surface area contributed by atoms with E-state index in [1.807, 2.05) is 0 Å². The van der Waals surface area contributed by atoms with Gasteiger partial charge in [-0.05, 0) is 17.7 Å². The zero-order valence-corrected chi connectivity index (χ0v) is 17.8. The van der Waals surface area contributed by atoms with Crippen LogP contribution in [0.2, 0.25) is 5.02 Å². The SMILES string of the molecule is Cn1c(=O)n(Cc2ccc(Cl)cc2)c(=O)c2c1nc(CN1CCOCC1)n2CC(N)=O. The predicted octanol–water partition coefficient (Wildman–Crippen LogP) is -0.0841. The molecule has 2 aromatic heterocycles. The van der Waals surface area contributed by atoms with Crippen LogP contribution in [0.15, 0.2) is 33.9 Å². The third-order valence-corrected chi connectivity index (χ3v) is 5.60. The molecule has 0 unspecified atom stereocenters. The van der Waals surface area contributed by atoms with Gasteiger partial charge < -0.3 is 15.0 Å². The van der Waals surface area contributed by atoms with Crippen LogP contribution in [0.4, 0.5) is 0 Å². The van der Waals surface area contributed by atoms with Crippen LogP contribution in [-0.4, -0.2) is 55.8 Å². The van der Waals surface area contributed by atoms with E-state index in [-0.39, 0.29) is 24.3 Å². The summed E-state index contributed by atoms with van der Waals surface area (Å²) in [6.07, 6.45) is 0. The van der Waals surface area contributed by atoms with Gasteiger partial charge in [0.05, 0.1) is 26.3 Å². The normalized spacial score (nSPS) is 14.9. The van der Waals surface area contributed by atoms with E-state index >= 15 is 0 Å². The van der Waals surface area contributed by atoms with Gasteiger partial charge in [0.1, 0.15) is 12.4 Å². The van der Waals surface area contributed by atoms with Crippen molar-refractivity contribution in [2.24, 2.45) is 12.8 Å². The molecule has 31 heavy (non-hydrogen) atoms. The number of halogens is 1. The summed E-state index contributed by atoms with van der Waals surface area (Å²) in [5.74, 6) is -0.0907. The van der Waals surface area contributed by atoms with Gasteiger partial charge in [-0.25, -0.2) is 9.78 Å². The Labute approximate surface area is 182 Å². The standard InChI is InChI=1S/C20H23ClN6O4/c1-24-18-17(19(29)27(20(24)30)10-13-2-4-14(21)5-3-13)26(11-15(22)28)16(23-18)12-25-6-8-31-9-7-25/h2-5H,6-12H2,1H3,(H2,22,28). The first-order valence-corrected chi connectivity index (χ1v) is 10.2. The number of rotatable bonds is 6. The molecule has 1 aromatic carbocycles. The Morgan fingerprint density at radius 2 is 1.81 bits per heavy atom. The van der Waals surface area contributed by atoms with Gasteiger partial charge in [0.15, 0.2) is 11.2 Å². The van der Waals surface area contributed by atoms with Crippen molar-refractivity contribution in [2.75, 3.05) is 26.3 Å². The van der Waals surface area contributed by atoms with Crippen molar-refractivity contribution in [2.45, 2.75) is 19.6 Å². The van der Waals surface area contributed by atoms with Crippen molar-refractivity contribution in [3.8, 4) is 0 Å². The number of hydrogen-bond donors (Lipinski definition) is 1. The highest BCUT2D eigenvalue weighted by atomic mass is 35.5. The van der Waals surface area contributed by atoms with Crippen LogP contribution in [-0.2, 0) is 36.2 Å². The molecule has 1 fully saturated rings. The number of ether oxygens (including phenoxy) is 1. The molecule has 1 aliphatic heterocycles. The second-order valence-electron chi connectivity index (χ2n) is 7.50. The predicted molar refractivity (Wildman–Crippen MR) is 115 cm³/mol. The van der Waals surface area contributed by atoms with Gasteiger partial charge >= 0.3 is 5.69 Å². The van der Waals surface area contributed by atoms with Crippen molar-refractivity contribution in [1.29, 1.82) is 0 Å². The number of amides is 1. The number of nitrogens with two attached hydrogens (primary N) is 1. The average molecular weight is 447 g/mol. The van der Waals surface area contributed by atoms with Crippen LogP contribution in [0.25, 0.3) is 11.2 Å². The Morgan fingerprint density at radius 1 is 1.13 bits per heavy atom. The van der Waals surface area contributed by atoms with Gasteiger partial charge in [-0.3, -0.25) is 23.6 Å². The van der Waals surface area contributed by atoms with Crippen molar-refractivity contribution in [1.82, 2.24) is 23.6 Å². The number of morpholine rings is 1. The molecular weight excluding hydrogens is 424 g/mol. The van der Waals surface area contributed by atoms with Crippen molar-refractivity contribution >= 4 is 28.7 Å². The van der Waals surface area contributed by atoms with E-state index in [0.717, 1.165) is 10.1 Å². The second-order valence-corrected chi connectivity index (χ2v) is 7.94. The first-order chi connectivity index (χ1) is 14.8. The Morgan fingerprint density at radius 3 is 2.45 bits per heavy atom. The highest BCUT2D eigenvalue weighted by molar-refractivity contribution is 6.30. The lowest BCUT2D eigenvalue weighted by atomic mass is 10.2. The van der Waals surface area contributed by atoms with E-state index in [0.29, 0.717) is 43.7 Å². The quantitative estimate of drug-likeness (QED) is 0.565. The molecule has 4 rings (SSSR count). The minimum atomic E-state index is -0.597. The first-order valence-electron chi connectivity index (χ1n) is 9.87. The monoisotopic (exact) mass is 446 g/mol. The second kappa shape index (κ2) is 8.66. The molecule has 1 saturated heterocycles. The van der Waals surface area contributed by atoms with Gasteiger partial charge in [0.25, 0.3) is 5.56 Å². The molecule has 164 valence electrons. The molecule has 0 atom stereocenters. The first kappa shape index (κ1) is 21.3. The van der Waals surface area contributed by atoms with Crippen LogP contribution in [0.1, 0.15) is 11.4 Å². The fourth-order valence-electron chi connectivity index (χ4n) is 3.73. The number of benzene rings is 1. The van der Waals surface area contributed by atoms with E-state index in [1.165, 1.54) is 9.13 Å². The van der Waals surface area contributed by atoms with Crippen LogP contribution in [0.3, 0.4) is 0 Å². The molecule has 0 spiro atoms. The summed E-state index contributed by atoms with van der Waals surface area (Å²) in [5.41, 5.74) is 5.60. The maximum atomic E-state index is 13.4. The Bertz CT molecular complexity index is 1240. The van der Waals surface area contributed by atoms with Crippen LogP contribution < -0.4 is 17.0 Å². The van der Waals surface area contributed by atoms with Gasteiger partial charge in [-0.2, -0.15) is 0 Å². The molecule has 1 aliphatic rings. The Kier molecular flexibility index (Phi) is 5.94. The summed E-state index contributed by atoms with van der Waals surface area (Å²) in [6.45, 7) is 2.89. The minimum absolute atomic E-state index is 0.0686. The number of aromatic nitrogens is 4. The number of carbonyl (C=O) groups excluding carboxylic acids is 1. The Hall–Kier alpha value is -2.95. The molecule has 2 N–H and O–H groups in total. The average Bonchev–Trinajstić information content (AvgIpc) is 3.09. The number of aryl methyl sites for hydroxylation is 1. The zero-order valence-electron chi connectivity index (χ0n) is 17.1. The lowest BCUT2D eigenvalue weighted by Crippen LogP contribution is -2.40. The number of fused-ring (bicyclic) bond motifs is 1. The van der Waals surface area contributed by atoms with E-state index in [4.69, 9.17) is 22.1 Å². The summed E-state index contributed by atoms with van der Waals surface area (Å²) in [5, 5.41) is 0.562. The molecule has 3 aromatic rings. The summed E-state index contributed by atoms with van der Waals surface area (Å²) in [6, 6.07) is 6.90. The number of nitrogens with zero attached hydrogens (tertiary/aromatic N) is 5. The highest BCUT2D eigenvalue weighted by Gasteiger charge is 2.23. The number of imidazole rings is 1. The smallest absolute Gasteiger partial charge is 0.332 e. The van der Waals surface area contributed by atoms with E-state index < -0.39 is 17.2 Å². The van der Waals surface area contributed by atoms with Gasteiger partial charge in [-0.1, -0.05) is 23.7 Å². The molecule has 0 bridgehead atoms. The molecule has 0 radical (unpaired) electrons. The van der Waals surface area contributed by atoms with E-state index in [9.17, 15) is 14.4 Å². The third kappa shape index (κ3) is 4.27. The fraction of sp³-hybridized carbons (Fsp3) is 0.400. The van der Waals surface area contributed by atoms with Gasteiger partial charge in [0, 0.05) is 25.2 Å². The number of hydrogen-bond acceptors (Lipinski definition) is 6. The zero-order chi connectivity index (χ0) is 22.1. The summed E-state index contributed by atoms with van der Waals surface area (Å²) in [4.78, 5) is 44.7. The fourth-order valence-corrected chi connectivity index (χ4v) is 3.86. The van der Waals surface area contributed by atoms with E-state index in [2.05, 4.69) is 9.88 Å². The number of primary amides is 1.